The fourth-order valence-electron chi connectivity index (χ4n) is 5.98. The number of halogens is 2. The van der Waals surface area contributed by atoms with E-state index in [2.05, 4.69) is 10.2 Å². The number of amides is 4. The van der Waals surface area contributed by atoms with Gasteiger partial charge in [0.15, 0.2) is 0 Å². The number of rotatable bonds is 5. The fourth-order valence-corrected chi connectivity index (χ4v) is 5.98. The summed E-state index contributed by atoms with van der Waals surface area (Å²) in [6.07, 6.45) is 0.451. The molecule has 3 aliphatic heterocycles. The molecule has 0 bridgehead atoms. The molecule has 2 saturated heterocycles. The van der Waals surface area contributed by atoms with Gasteiger partial charge >= 0.3 is 0 Å². The van der Waals surface area contributed by atoms with E-state index < -0.39 is 11.9 Å². The molecule has 8 nitrogen and oxygen atoms in total. The van der Waals surface area contributed by atoms with E-state index in [1.807, 2.05) is 0 Å². The minimum absolute atomic E-state index is 0.153. The zero-order valence-electron chi connectivity index (χ0n) is 22.2. The van der Waals surface area contributed by atoms with Crippen LogP contribution in [-0.4, -0.2) is 70.5 Å². The zero-order chi connectivity index (χ0) is 28.7. The molecule has 6 rings (SSSR count). The molecule has 41 heavy (non-hydrogen) atoms. The first kappa shape index (κ1) is 26.8. The fraction of sp³-hybridized carbons (Fsp3) is 0.290. The molecule has 3 aliphatic rings. The molecule has 10 heteroatoms. The number of carbonyl (C=O) groups is 4. The van der Waals surface area contributed by atoms with Crippen molar-refractivity contribution in [3.63, 3.8) is 0 Å². The van der Waals surface area contributed by atoms with Crippen molar-refractivity contribution in [2.24, 2.45) is 0 Å². The molecule has 0 spiro atoms. The predicted octanol–water partition coefficient (Wildman–Crippen LogP) is 3.27. The summed E-state index contributed by atoms with van der Waals surface area (Å²) in [5.74, 6) is -1.92. The second-order valence-electron chi connectivity index (χ2n) is 10.6. The number of imide groups is 1. The average molecular weight is 559 g/mol. The molecule has 3 heterocycles. The van der Waals surface area contributed by atoms with Crippen molar-refractivity contribution in [3.05, 3.63) is 106 Å². The van der Waals surface area contributed by atoms with Crippen LogP contribution in [0.3, 0.4) is 0 Å². The van der Waals surface area contributed by atoms with Gasteiger partial charge in [-0.05, 0) is 65.6 Å². The van der Waals surface area contributed by atoms with Gasteiger partial charge in [-0.15, -0.1) is 0 Å². The Balaban J connectivity index is 1.15. The Labute approximate surface area is 235 Å². The van der Waals surface area contributed by atoms with Crippen LogP contribution in [0.5, 0.6) is 0 Å². The molecule has 3 aromatic rings. The van der Waals surface area contributed by atoms with Gasteiger partial charge in [-0.3, -0.25) is 29.4 Å². The molecule has 0 aromatic heterocycles. The summed E-state index contributed by atoms with van der Waals surface area (Å²) in [4.78, 5) is 55.7. The normalized spacial score (nSPS) is 19.5. The van der Waals surface area contributed by atoms with Gasteiger partial charge in [-0.2, -0.15) is 0 Å². The van der Waals surface area contributed by atoms with E-state index in [1.54, 1.807) is 47.4 Å². The van der Waals surface area contributed by atoms with Crippen LogP contribution in [0.25, 0.3) is 0 Å². The van der Waals surface area contributed by atoms with E-state index in [0.717, 1.165) is 11.1 Å². The monoisotopic (exact) mass is 558 g/mol. The van der Waals surface area contributed by atoms with Crippen LogP contribution in [0, 0.1) is 11.6 Å². The van der Waals surface area contributed by atoms with Gasteiger partial charge in [-0.1, -0.05) is 24.3 Å². The highest BCUT2D eigenvalue weighted by molar-refractivity contribution is 6.06. The smallest absolute Gasteiger partial charge is 0.255 e. The van der Waals surface area contributed by atoms with Crippen molar-refractivity contribution in [1.82, 2.24) is 20.0 Å². The van der Waals surface area contributed by atoms with Crippen molar-refractivity contribution in [2.75, 3.05) is 26.2 Å². The third-order valence-corrected chi connectivity index (χ3v) is 8.11. The first-order valence-electron chi connectivity index (χ1n) is 13.6. The van der Waals surface area contributed by atoms with Crippen LogP contribution in [0.2, 0.25) is 0 Å². The lowest BCUT2D eigenvalue weighted by atomic mass is 9.96. The van der Waals surface area contributed by atoms with Gasteiger partial charge < -0.3 is 9.80 Å². The molecule has 3 aromatic carbocycles. The van der Waals surface area contributed by atoms with Crippen LogP contribution in [0.1, 0.15) is 56.3 Å². The van der Waals surface area contributed by atoms with Gasteiger partial charge in [0.1, 0.15) is 17.7 Å². The van der Waals surface area contributed by atoms with Crippen molar-refractivity contribution >= 4 is 23.6 Å². The highest BCUT2D eigenvalue weighted by atomic mass is 19.1. The van der Waals surface area contributed by atoms with Gasteiger partial charge in [0.2, 0.25) is 11.8 Å². The molecule has 1 N–H and O–H groups in total. The van der Waals surface area contributed by atoms with Crippen molar-refractivity contribution < 1.29 is 28.0 Å². The first-order valence-corrected chi connectivity index (χ1v) is 13.6. The number of piperazine rings is 1. The van der Waals surface area contributed by atoms with Gasteiger partial charge in [0.05, 0.1) is 6.04 Å². The van der Waals surface area contributed by atoms with E-state index in [9.17, 15) is 28.0 Å². The molecule has 210 valence electrons. The Morgan fingerprint density at radius 1 is 0.829 bits per heavy atom. The zero-order valence-corrected chi connectivity index (χ0v) is 22.2. The minimum Gasteiger partial charge on any atom is -0.336 e. The first-order chi connectivity index (χ1) is 19.8. The Kier molecular flexibility index (Phi) is 7.08. The van der Waals surface area contributed by atoms with Gasteiger partial charge in [0, 0.05) is 50.3 Å². The van der Waals surface area contributed by atoms with E-state index in [4.69, 9.17) is 0 Å². The van der Waals surface area contributed by atoms with E-state index in [-0.39, 0.29) is 54.8 Å². The molecule has 0 aliphatic carbocycles. The highest BCUT2D eigenvalue weighted by Gasteiger charge is 2.39. The predicted molar refractivity (Wildman–Crippen MR) is 145 cm³/mol. The Bertz CT molecular complexity index is 1470. The third kappa shape index (κ3) is 5.22. The molecular formula is C31H28F2N4O4. The van der Waals surface area contributed by atoms with E-state index >= 15 is 0 Å². The summed E-state index contributed by atoms with van der Waals surface area (Å²) in [7, 11) is 0. The molecule has 0 saturated carbocycles. The van der Waals surface area contributed by atoms with Crippen molar-refractivity contribution in [2.45, 2.75) is 31.5 Å². The van der Waals surface area contributed by atoms with Crippen molar-refractivity contribution in [1.29, 1.82) is 0 Å². The summed E-state index contributed by atoms with van der Waals surface area (Å²) in [6, 6.07) is 16.6. The maximum Gasteiger partial charge on any atom is 0.255 e. The lowest BCUT2D eigenvalue weighted by molar-refractivity contribution is -0.136. The second kappa shape index (κ2) is 10.9. The lowest BCUT2D eigenvalue weighted by Crippen LogP contribution is -2.52. The second-order valence-corrected chi connectivity index (χ2v) is 10.6. The summed E-state index contributed by atoms with van der Waals surface area (Å²) in [5.41, 5.74) is 3.35. The molecule has 0 radical (unpaired) electrons. The maximum absolute atomic E-state index is 13.6. The van der Waals surface area contributed by atoms with Crippen molar-refractivity contribution in [3.8, 4) is 0 Å². The van der Waals surface area contributed by atoms with Crippen LogP contribution in [0.15, 0.2) is 66.7 Å². The number of fused-ring (bicyclic) bond motifs is 1. The topological polar surface area (TPSA) is 90.0 Å². The Hall–Kier alpha value is -4.44. The SMILES string of the molecule is O=C1CCC(N2Cc3cc(C(=O)N4CCN(C(c5ccc(F)cc5)c5ccc(F)cc5)CC4)ccc3C2=O)C(=O)N1. The summed E-state index contributed by atoms with van der Waals surface area (Å²) >= 11 is 0. The number of hydrogen-bond donors (Lipinski definition) is 1. The van der Waals surface area contributed by atoms with Gasteiger partial charge in [0.25, 0.3) is 11.8 Å². The number of hydrogen-bond acceptors (Lipinski definition) is 5. The number of benzene rings is 3. The van der Waals surface area contributed by atoms with Gasteiger partial charge in [-0.25, -0.2) is 8.78 Å². The molecule has 1 atom stereocenters. The van der Waals surface area contributed by atoms with Crippen LogP contribution >= 0.6 is 0 Å². The van der Waals surface area contributed by atoms with Crippen LogP contribution < -0.4 is 5.32 Å². The summed E-state index contributed by atoms with van der Waals surface area (Å²) < 4.78 is 27.3. The average Bonchev–Trinajstić information content (AvgIpc) is 3.30. The molecule has 1 unspecified atom stereocenters. The number of nitrogens with zero attached hydrogens (tertiary/aromatic N) is 3. The molecule has 4 amide bonds. The number of nitrogens with one attached hydrogen (secondary N) is 1. The Morgan fingerprint density at radius 3 is 2.02 bits per heavy atom. The lowest BCUT2D eigenvalue weighted by Gasteiger charge is -2.40. The summed E-state index contributed by atoms with van der Waals surface area (Å²) in [6.45, 7) is 2.22. The largest absolute Gasteiger partial charge is 0.336 e. The summed E-state index contributed by atoms with van der Waals surface area (Å²) in [5, 5.41) is 2.29. The maximum atomic E-state index is 13.6. The van der Waals surface area contributed by atoms with E-state index in [0.29, 0.717) is 42.9 Å². The third-order valence-electron chi connectivity index (χ3n) is 8.11. The quantitative estimate of drug-likeness (QED) is 0.486. The standard InChI is InChI=1S/C31H28F2N4O4/c32-23-6-1-19(2-7-23)28(20-3-8-24(33)9-4-20)35-13-15-36(16-14-35)30(40)21-5-10-25-22(17-21)18-37(31(25)41)26-11-12-27(38)34-29(26)39/h1-10,17,26,28H,11-16,18H2,(H,34,38,39). The van der Waals surface area contributed by atoms with E-state index in [1.165, 1.54) is 29.2 Å². The molecule has 2 fully saturated rings. The Morgan fingerprint density at radius 2 is 1.44 bits per heavy atom. The minimum atomic E-state index is -0.713. The van der Waals surface area contributed by atoms with Crippen LogP contribution in [0.4, 0.5) is 8.78 Å². The highest BCUT2D eigenvalue weighted by Crippen LogP contribution is 2.31. The van der Waals surface area contributed by atoms with Crippen LogP contribution in [-0.2, 0) is 16.1 Å². The number of piperidine rings is 1. The molecular weight excluding hydrogens is 530 g/mol. The number of carbonyl (C=O) groups excluding carboxylic acids is 4.